The fourth-order valence-electron chi connectivity index (χ4n) is 2.16. The molecule has 5 nitrogen and oxygen atoms in total. The predicted octanol–water partition coefficient (Wildman–Crippen LogP) is 3.48. The van der Waals surface area contributed by atoms with Crippen LogP contribution >= 0.6 is 22.9 Å². The van der Waals surface area contributed by atoms with Crippen molar-refractivity contribution in [1.82, 2.24) is 19.9 Å². The lowest BCUT2D eigenvalue weighted by molar-refractivity contribution is 0.0932. The minimum atomic E-state index is -0.172. The van der Waals surface area contributed by atoms with Crippen LogP contribution in [-0.4, -0.2) is 26.5 Å². The zero-order valence-corrected chi connectivity index (χ0v) is 14.0. The Morgan fingerprint density at radius 3 is 2.87 bits per heavy atom. The highest BCUT2D eigenvalue weighted by molar-refractivity contribution is 7.13. The molecule has 0 aliphatic rings. The summed E-state index contributed by atoms with van der Waals surface area (Å²) in [5, 5.41) is 6.19. The number of benzene rings is 1. The van der Waals surface area contributed by atoms with Crippen LogP contribution in [0.5, 0.6) is 0 Å². The van der Waals surface area contributed by atoms with Crippen molar-refractivity contribution in [2.45, 2.75) is 19.5 Å². The number of nitrogens with one attached hydrogen (secondary N) is 1. The molecule has 0 saturated carbocycles. The highest BCUT2D eigenvalue weighted by Gasteiger charge is 2.14. The van der Waals surface area contributed by atoms with Crippen LogP contribution in [0.4, 0.5) is 0 Å². The van der Waals surface area contributed by atoms with Crippen LogP contribution in [0.2, 0.25) is 5.02 Å². The van der Waals surface area contributed by atoms with E-state index in [-0.39, 0.29) is 11.9 Å². The molecule has 3 rings (SSSR count). The summed E-state index contributed by atoms with van der Waals surface area (Å²) in [6.45, 7) is 2.62. The Morgan fingerprint density at radius 2 is 2.17 bits per heavy atom. The van der Waals surface area contributed by atoms with E-state index in [4.69, 9.17) is 11.6 Å². The smallest absolute Gasteiger partial charge is 0.271 e. The van der Waals surface area contributed by atoms with Crippen LogP contribution < -0.4 is 5.32 Å². The molecule has 0 radical (unpaired) electrons. The molecule has 0 aliphatic heterocycles. The summed E-state index contributed by atoms with van der Waals surface area (Å²) in [7, 11) is 0. The van der Waals surface area contributed by atoms with Crippen LogP contribution in [0.25, 0.3) is 10.6 Å². The molecule has 7 heteroatoms. The predicted molar refractivity (Wildman–Crippen MR) is 91.7 cm³/mol. The van der Waals surface area contributed by atoms with Gasteiger partial charge in [-0.05, 0) is 19.1 Å². The van der Waals surface area contributed by atoms with Gasteiger partial charge in [0.25, 0.3) is 5.91 Å². The standard InChI is InChI=1S/C16H15ClN4OS/c1-11(8-21-7-6-18-10-21)19-15(22)14-9-23-16(20-14)12-2-4-13(17)5-3-12/h2-7,9-11H,8H2,1H3,(H,19,22)/t11-/m1/s1. The lowest BCUT2D eigenvalue weighted by Crippen LogP contribution is -2.35. The number of rotatable bonds is 5. The quantitative estimate of drug-likeness (QED) is 0.769. The number of hydrogen-bond acceptors (Lipinski definition) is 4. The third kappa shape index (κ3) is 3.97. The minimum Gasteiger partial charge on any atom is -0.346 e. The van der Waals surface area contributed by atoms with Gasteiger partial charge < -0.3 is 9.88 Å². The average Bonchev–Trinajstić information content (AvgIpc) is 3.19. The Labute approximate surface area is 143 Å². The Balaban J connectivity index is 1.65. The summed E-state index contributed by atoms with van der Waals surface area (Å²) in [4.78, 5) is 20.7. The van der Waals surface area contributed by atoms with Crippen molar-refractivity contribution in [1.29, 1.82) is 0 Å². The monoisotopic (exact) mass is 346 g/mol. The molecule has 1 amide bonds. The van der Waals surface area contributed by atoms with E-state index >= 15 is 0 Å². The molecule has 118 valence electrons. The van der Waals surface area contributed by atoms with Crippen LogP contribution in [0.15, 0.2) is 48.4 Å². The van der Waals surface area contributed by atoms with Gasteiger partial charge in [-0.2, -0.15) is 0 Å². The number of carbonyl (C=O) groups excluding carboxylic acids is 1. The summed E-state index contributed by atoms with van der Waals surface area (Å²) >= 11 is 7.32. The first-order chi connectivity index (χ1) is 11.1. The summed E-state index contributed by atoms with van der Waals surface area (Å²) in [6.07, 6.45) is 5.31. The second kappa shape index (κ2) is 6.93. The zero-order chi connectivity index (χ0) is 16.2. The maximum absolute atomic E-state index is 12.3. The zero-order valence-electron chi connectivity index (χ0n) is 12.4. The van der Waals surface area contributed by atoms with E-state index in [2.05, 4.69) is 15.3 Å². The second-order valence-corrected chi connectivity index (χ2v) is 6.47. The molecule has 0 saturated heterocycles. The first-order valence-corrected chi connectivity index (χ1v) is 8.35. The van der Waals surface area contributed by atoms with E-state index in [1.807, 2.05) is 42.0 Å². The van der Waals surface area contributed by atoms with Crippen LogP contribution in [-0.2, 0) is 6.54 Å². The van der Waals surface area contributed by atoms with Crippen LogP contribution in [0, 0.1) is 0 Å². The Bertz CT molecular complexity index is 783. The third-order valence-electron chi connectivity index (χ3n) is 3.25. The van der Waals surface area contributed by atoms with E-state index in [0.717, 1.165) is 10.6 Å². The Hall–Kier alpha value is -2.18. The van der Waals surface area contributed by atoms with Crippen molar-refractivity contribution in [3.05, 3.63) is 59.1 Å². The molecule has 0 unspecified atom stereocenters. The van der Waals surface area contributed by atoms with Crippen LogP contribution in [0.1, 0.15) is 17.4 Å². The van der Waals surface area contributed by atoms with Gasteiger partial charge in [0.05, 0.1) is 6.33 Å². The molecule has 3 aromatic rings. The number of hydrogen-bond donors (Lipinski definition) is 1. The number of amides is 1. The lowest BCUT2D eigenvalue weighted by atomic mass is 10.2. The van der Waals surface area contributed by atoms with Gasteiger partial charge in [0, 0.05) is 40.9 Å². The first-order valence-electron chi connectivity index (χ1n) is 7.10. The molecule has 23 heavy (non-hydrogen) atoms. The normalized spacial score (nSPS) is 12.1. The molecule has 0 spiro atoms. The lowest BCUT2D eigenvalue weighted by Gasteiger charge is -2.13. The molecule has 0 bridgehead atoms. The first kappa shape index (κ1) is 15.7. The number of carbonyl (C=O) groups is 1. The molecule has 0 fully saturated rings. The minimum absolute atomic E-state index is 0.0163. The van der Waals surface area contributed by atoms with Gasteiger partial charge in [-0.1, -0.05) is 23.7 Å². The maximum atomic E-state index is 12.3. The van der Waals surface area contributed by atoms with E-state index < -0.39 is 0 Å². The number of nitrogens with zero attached hydrogens (tertiary/aromatic N) is 3. The van der Waals surface area contributed by atoms with Gasteiger partial charge >= 0.3 is 0 Å². The van der Waals surface area contributed by atoms with Crippen molar-refractivity contribution in [2.24, 2.45) is 0 Å². The number of imidazole rings is 1. The number of halogens is 1. The van der Waals surface area contributed by atoms with Crippen LogP contribution in [0.3, 0.4) is 0 Å². The van der Waals surface area contributed by atoms with Gasteiger partial charge in [0.1, 0.15) is 10.7 Å². The van der Waals surface area contributed by atoms with Gasteiger partial charge in [0.15, 0.2) is 0 Å². The van der Waals surface area contributed by atoms with Crippen molar-refractivity contribution in [3.63, 3.8) is 0 Å². The van der Waals surface area contributed by atoms with E-state index in [9.17, 15) is 4.79 Å². The Morgan fingerprint density at radius 1 is 1.39 bits per heavy atom. The highest BCUT2D eigenvalue weighted by Crippen LogP contribution is 2.25. The van der Waals surface area contributed by atoms with E-state index in [0.29, 0.717) is 17.3 Å². The second-order valence-electron chi connectivity index (χ2n) is 5.18. The molecule has 2 aromatic heterocycles. The maximum Gasteiger partial charge on any atom is 0.271 e. The number of thiazole rings is 1. The SMILES string of the molecule is C[C@H](Cn1ccnc1)NC(=O)c1csc(-c2ccc(Cl)cc2)n1. The molecular weight excluding hydrogens is 332 g/mol. The topological polar surface area (TPSA) is 59.8 Å². The molecule has 1 atom stereocenters. The summed E-state index contributed by atoms with van der Waals surface area (Å²) in [6, 6.07) is 7.39. The summed E-state index contributed by atoms with van der Waals surface area (Å²) in [5.41, 5.74) is 1.38. The summed E-state index contributed by atoms with van der Waals surface area (Å²) < 4.78 is 1.92. The average molecular weight is 347 g/mol. The number of aromatic nitrogens is 3. The fraction of sp³-hybridized carbons (Fsp3) is 0.188. The molecule has 1 N–H and O–H groups in total. The fourth-order valence-corrected chi connectivity index (χ4v) is 3.09. The third-order valence-corrected chi connectivity index (χ3v) is 4.39. The van der Waals surface area contributed by atoms with E-state index in [1.165, 1.54) is 11.3 Å². The van der Waals surface area contributed by atoms with Gasteiger partial charge in [-0.3, -0.25) is 4.79 Å². The molecule has 1 aromatic carbocycles. The molecule has 0 aliphatic carbocycles. The highest BCUT2D eigenvalue weighted by atomic mass is 35.5. The van der Waals surface area contributed by atoms with Crippen molar-refractivity contribution >= 4 is 28.8 Å². The molecule has 2 heterocycles. The van der Waals surface area contributed by atoms with E-state index in [1.54, 1.807) is 17.9 Å². The van der Waals surface area contributed by atoms with Crippen molar-refractivity contribution < 1.29 is 4.79 Å². The van der Waals surface area contributed by atoms with Gasteiger partial charge in [0.2, 0.25) is 0 Å². The molecular formula is C16H15ClN4OS. The Kier molecular flexibility index (Phi) is 4.73. The summed E-state index contributed by atoms with van der Waals surface area (Å²) in [5.74, 6) is -0.172. The van der Waals surface area contributed by atoms with Gasteiger partial charge in [-0.15, -0.1) is 11.3 Å². The van der Waals surface area contributed by atoms with Crippen molar-refractivity contribution in [3.8, 4) is 10.6 Å². The largest absolute Gasteiger partial charge is 0.346 e. The van der Waals surface area contributed by atoms with Gasteiger partial charge in [-0.25, -0.2) is 9.97 Å². The van der Waals surface area contributed by atoms with Crippen molar-refractivity contribution in [2.75, 3.05) is 0 Å².